The Labute approximate surface area is 125 Å². The summed E-state index contributed by atoms with van der Waals surface area (Å²) in [6.45, 7) is 5.43. The second kappa shape index (κ2) is 7.02. The van der Waals surface area contributed by atoms with Gasteiger partial charge in [0, 0.05) is 32.7 Å². The molecule has 21 heavy (non-hydrogen) atoms. The number of rotatable bonds is 5. The van der Waals surface area contributed by atoms with Gasteiger partial charge < -0.3 is 15.0 Å². The van der Waals surface area contributed by atoms with Gasteiger partial charge in [-0.1, -0.05) is 0 Å². The van der Waals surface area contributed by atoms with Gasteiger partial charge in [0.2, 0.25) is 5.91 Å². The van der Waals surface area contributed by atoms with Crippen molar-refractivity contribution in [2.45, 2.75) is 13.0 Å². The Hall–Kier alpha value is -1.44. The molecule has 0 aromatic carbocycles. The van der Waals surface area contributed by atoms with E-state index < -0.39 is 0 Å². The molecule has 118 valence electrons. The van der Waals surface area contributed by atoms with Gasteiger partial charge in [0.25, 0.3) is 0 Å². The molecule has 1 aliphatic rings. The average Bonchev–Trinajstić information content (AvgIpc) is 2.67. The zero-order chi connectivity index (χ0) is 15.4. The van der Waals surface area contributed by atoms with Crippen LogP contribution in [0, 0.1) is 6.92 Å². The number of hydrogen-bond donors (Lipinski definition) is 1. The third kappa shape index (κ3) is 4.80. The monoisotopic (exact) mass is 295 g/mol. The fraction of sp³-hybridized carbons (Fsp3) is 0.714. The number of aryl methyl sites for hydroxylation is 2. The maximum Gasteiger partial charge on any atom is 0.239 e. The molecule has 0 radical (unpaired) electrons. The number of morpholine rings is 1. The van der Waals surface area contributed by atoms with Crippen LogP contribution in [0.5, 0.6) is 0 Å². The quantitative estimate of drug-likeness (QED) is 0.824. The van der Waals surface area contributed by atoms with E-state index in [0.717, 1.165) is 31.1 Å². The summed E-state index contributed by atoms with van der Waals surface area (Å²) in [5, 5.41) is 7.12. The summed E-state index contributed by atoms with van der Waals surface area (Å²) in [6.07, 6.45) is 0.167. The van der Waals surface area contributed by atoms with Crippen molar-refractivity contribution in [3.8, 4) is 0 Å². The first-order chi connectivity index (χ1) is 9.94. The highest BCUT2D eigenvalue weighted by atomic mass is 16.5. The zero-order valence-corrected chi connectivity index (χ0v) is 13.3. The first kappa shape index (κ1) is 15.9. The zero-order valence-electron chi connectivity index (χ0n) is 13.3. The Morgan fingerprint density at radius 2 is 2.33 bits per heavy atom. The predicted molar refractivity (Wildman–Crippen MR) is 81.3 cm³/mol. The highest BCUT2D eigenvalue weighted by Gasteiger charge is 2.22. The van der Waals surface area contributed by atoms with Crippen molar-refractivity contribution < 1.29 is 9.53 Å². The molecule has 1 aromatic heterocycles. The van der Waals surface area contributed by atoms with Crippen LogP contribution >= 0.6 is 0 Å². The summed E-state index contributed by atoms with van der Waals surface area (Å²) in [6, 6.07) is 1.87. The van der Waals surface area contributed by atoms with E-state index in [1.165, 1.54) is 0 Å². The van der Waals surface area contributed by atoms with E-state index in [0.29, 0.717) is 13.2 Å². The van der Waals surface area contributed by atoms with Crippen molar-refractivity contribution in [3.05, 3.63) is 11.8 Å². The lowest BCUT2D eigenvalue weighted by atomic mass is 10.2. The van der Waals surface area contributed by atoms with Gasteiger partial charge >= 0.3 is 0 Å². The van der Waals surface area contributed by atoms with Gasteiger partial charge in [0.15, 0.2) is 0 Å². The van der Waals surface area contributed by atoms with Crippen LogP contribution in [0.1, 0.15) is 5.69 Å². The fourth-order valence-electron chi connectivity index (χ4n) is 2.55. The Morgan fingerprint density at radius 1 is 1.57 bits per heavy atom. The average molecular weight is 295 g/mol. The summed E-state index contributed by atoms with van der Waals surface area (Å²) in [5.74, 6) is 0.721. The Morgan fingerprint density at radius 3 is 2.95 bits per heavy atom. The van der Waals surface area contributed by atoms with Crippen molar-refractivity contribution >= 4 is 11.7 Å². The number of nitrogens with zero attached hydrogens (tertiary/aromatic N) is 4. The van der Waals surface area contributed by atoms with Crippen molar-refractivity contribution in [3.63, 3.8) is 0 Å². The molecule has 1 saturated heterocycles. The van der Waals surface area contributed by atoms with Gasteiger partial charge in [0.05, 0.1) is 24.9 Å². The fourth-order valence-corrected chi connectivity index (χ4v) is 2.55. The lowest BCUT2D eigenvalue weighted by molar-refractivity contribution is -0.119. The molecule has 0 saturated carbocycles. The van der Waals surface area contributed by atoms with Crippen LogP contribution in [0.2, 0.25) is 0 Å². The highest BCUT2D eigenvalue weighted by molar-refractivity contribution is 5.91. The summed E-state index contributed by atoms with van der Waals surface area (Å²) in [7, 11) is 5.88. The topological polar surface area (TPSA) is 62.6 Å². The summed E-state index contributed by atoms with van der Waals surface area (Å²) in [5.41, 5.74) is 0.894. The SMILES string of the molecule is Cc1cc(NC(=O)CN2CCO[C@H](CN(C)C)C2)n(C)n1. The minimum atomic E-state index is -0.0106. The number of carbonyl (C=O) groups is 1. The van der Waals surface area contributed by atoms with Gasteiger partial charge in [-0.3, -0.25) is 14.4 Å². The van der Waals surface area contributed by atoms with Gasteiger partial charge in [0.1, 0.15) is 5.82 Å². The van der Waals surface area contributed by atoms with Crippen molar-refractivity contribution in [2.24, 2.45) is 7.05 Å². The van der Waals surface area contributed by atoms with Gasteiger partial charge in [-0.05, 0) is 21.0 Å². The maximum absolute atomic E-state index is 12.1. The van der Waals surface area contributed by atoms with Crippen LogP contribution in [0.25, 0.3) is 0 Å². The van der Waals surface area contributed by atoms with Crippen LogP contribution in [-0.4, -0.2) is 78.5 Å². The first-order valence-electron chi connectivity index (χ1n) is 7.23. The molecule has 1 aromatic rings. The number of anilines is 1. The molecule has 2 heterocycles. The maximum atomic E-state index is 12.1. The van der Waals surface area contributed by atoms with Crippen molar-refractivity contribution in [1.82, 2.24) is 19.6 Å². The van der Waals surface area contributed by atoms with Crippen molar-refractivity contribution in [2.75, 3.05) is 52.2 Å². The second-order valence-corrected chi connectivity index (χ2v) is 5.83. The molecule has 0 unspecified atom stereocenters. The summed E-state index contributed by atoms with van der Waals surface area (Å²) < 4.78 is 7.39. The largest absolute Gasteiger partial charge is 0.374 e. The Kier molecular flexibility index (Phi) is 5.33. The lowest BCUT2D eigenvalue weighted by Crippen LogP contribution is -2.48. The number of aromatic nitrogens is 2. The second-order valence-electron chi connectivity index (χ2n) is 5.83. The molecule has 1 N–H and O–H groups in total. The number of nitrogens with one attached hydrogen (secondary N) is 1. The Balaban J connectivity index is 1.83. The molecule has 1 amide bonds. The van der Waals surface area contributed by atoms with Crippen LogP contribution in [-0.2, 0) is 16.6 Å². The molecule has 2 rings (SSSR count). The first-order valence-corrected chi connectivity index (χ1v) is 7.23. The third-order valence-corrected chi connectivity index (χ3v) is 3.43. The molecule has 7 nitrogen and oxygen atoms in total. The molecule has 0 spiro atoms. The van der Waals surface area contributed by atoms with E-state index in [9.17, 15) is 4.79 Å². The smallest absolute Gasteiger partial charge is 0.239 e. The van der Waals surface area contributed by atoms with E-state index >= 15 is 0 Å². The van der Waals surface area contributed by atoms with Gasteiger partial charge in [-0.2, -0.15) is 5.10 Å². The summed E-state index contributed by atoms with van der Waals surface area (Å²) >= 11 is 0. The molecular weight excluding hydrogens is 270 g/mol. The van der Waals surface area contributed by atoms with Crippen LogP contribution in [0.4, 0.5) is 5.82 Å². The number of hydrogen-bond acceptors (Lipinski definition) is 5. The number of amides is 1. The van der Waals surface area contributed by atoms with Crippen molar-refractivity contribution in [1.29, 1.82) is 0 Å². The molecule has 1 atom stereocenters. The minimum absolute atomic E-state index is 0.0106. The van der Waals surface area contributed by atoms with Crippen LogP contribution < -0.4 is 5.32 Å². The van der Waals surface area contributed by atoms with Gasteiger partial charge in [-0.15, -0.1) is 0 Å². The predicted octanol–water partition coefficient (Wildman–Crippen LogP) is -0.0706. The van der Waals surface area contributed by atoms with E-state index in [1.54, 1.807) is 4.68 Å². The van der Waals surface area contributed by atoms with E-state index in [-0.39, 0.29) is 12.0 Å². The molecule has 1 fully saturated rings. The number of likely N-dealkylation sites (N-methyl/N-ethyl adjacent to an activating group) is 1. The summed E-state index contributed by atoms with van der Waals surface area (Å²) in [4.78, 5) is 16.4. The minimum Gasteiger partial charge on any atom is -0.374 e. The Bertz CT molecular complexity index is 486. The molecular formula is C14H25N5O2. The lowest BCUT2D eigenvalue weighted by Gasteiger charge is -2.33. The molecule has 0 bridgehead atoms. The molecule has 0 aliphatic carbocycles. The van der Waals surface area contributed by atoms with Crippen LogP contribution in [0.15, 0.2) is 6.07 Å². The van der Waals surface area contributed by atoms with E-state index in [1.807, 2.05) is 34.1 Å². The highest BCUT2D eigenvalue weighted by Crippen LogP contribution is 2.09. The van der Waals surface area contributed by atoms with Crippen LogP contribution in [0.3, 0.4) is 0 Å². The molecule has 7 heteroatoms. The van der Waals surface area contributed by atoms with Gasteiger partial charge in [-0.25, -0.2) is 0 Å². The normalized spacial score (nSPS) is 20.0. The van der Waals surface area contributed by atoms with E-state index in [2.05, 4.69) is 20.2 Å². The van der Waals surface area contributed by atoms with E-state index in [4.69, 9.17) is 4.74 Å². The third-order valence-electron chi connectivity index (χ3n) is 3.43. The number of ether oxygens (including phenoxy) is 1. The number of carbonyl (C=O) groups excluding carboxylic acids is 1. The standard InChI is InChI=1S/C14H25N5O2/c1-11-7-13(18(4)16-11)15-14(20)10-19-5-6-21-12(9-19)8-17(2)3/h7,12H,5-6,8-10H2,1-4H3,(H,15,20)/t12-/m1/s1. The molecule has 1 aliphatic heterocycles.